The van der Waals surface area contributed by atoms with Crippen molar-refractivity contribution in [1.29, 1.82) is 0 Å². The van der Waals surface area contributed by atoms with E-state index >= 15 is 0 Å². The number of aromatic amines is 1. The molecule has 0 atom stereocenters. The van der Waals surface area contributed by atoms with Gasteiger partial charge in [0, 0.05) is 34.9 Å². The fraction of sp³-hybridized carbons (Fsp3) is 0.0800. The Morgan fingerprint density at radius 1 is 0.971 bits per heavy atom. The lowest BCUT2D eigenvalue weighted by molar-refractivity contribution is 0.380. The van der Waals surface area contributed by atoms with Crippen LogP contribution in [0.2, 0.25) is 0 Å². The van der Waals surface area contributed by atoms with Gasteiger partial charge < -0.3 is 14.8 Å². The molecule has 8 nitrogen and oxygen atoms in total. The SMILES string of the molecule is Cc1cccc(-c2[nH]c(Cc3cccc(NP(=O)(O)O)c3)nc2-c2ccc3ncccc3c2)n1. The maximum Gasteiger partial charge on any atom is 0.427 e. The van der Waals surface area contributed by atoms with Gasteiger partial charge in [-0.3, -0.25) is 15.1 Å². The Balaban J connectivity index is 1.57. The average molecular weight is 471 g/mol. The van der Waals surface area contributed by atoms with E-state index in [-0.39, 0.29) is 0 Å². The van der Waals surface area contributed by atoms with Crippen LogP contribution in [0.1, 0.15) is 17.1 Å². The first-order chi connectivity index (χ1) is 16.3. The third kappa shape index (κ3) is 4.89. The summed E-state index contributed by atoms with van der Waals surface area (Å²) in [5.74, 6) is 0.716. The summed E-state index contributed by atoms with van der Waals surface area (Å²) < 4.78 is 11.3. The number of hydrogen-bond donors (Lipinski definition) is 4. The highest BCUT2D eigenvalue weighted by Crippen LogP contribution is 2.36. The number of anilines is 1. The molecule has 170 valence electrons. The van der Waals surface area contributed by atoms with Crippen LogP contribution in [-0.4, -0.2) is 29.7 Å². The average Bonchev–Trinajstić information content (AvgIpc) is 3.21. The van der Waals surface area contributed by atoms with Gasteiger partial charge in [0.15, 0.2) is 0 Å². The molecule has 0 amide bonds. The highest BCUT2D eigenvalue weighted by Gasteiger charge is 2.17. The Kier molecular flexibility index (Phi) is 5.71. The van der Waals surface area contributed by atoms with Crippen LogP contribution < -0.4 is 5.09 Å². The standard InChI is InChI=1S/C25H22N5O3P/c1-16-5-2-9-22(27-16)25-24(19-10-11-21-18(15-19)7-4-12-26-21)28-23(29-25)14-17-6-3-8-20(13-17)30-34(31,32)33/h2-13,15H,14H2,1H3,(H,28,29)(H3,30,31,32,33). The van der Waals surface area contributed by atoms with Crippen molar-refractivity contribution in [2.24, 2.45) is 0 Å². The van der Waals surface area contributed by atoms with E-state index in [2.05, 4.69) is 26.1 Å². The van der Waals surface area contributed by atoms with Crippen molar-refractivity contribution in [3.63, 3.8) is 0 Å². The summed E-state index contributed by atoms with van der Waals surface area (Å²) in [7, 11) is -4.39. The van der Waals surface area contributed by atoms with E-state index in [4.69, 9.17) is 4.98 Å². The lowest BCUT2D eigenvalue weighted by Crippen LogP contribution is -1.97. The van der Waals surface area contributed by atoms with E-state index in [1.165, 1.54) is 0 Å². The lowest BCUT2D eigenvalue weighted by atomic mass is 10.1. The largest absolute Gasteiger partial charge is 0.427 e. The molecule has 3 heterocycles. The minimum absolute atomic E-state index is 0.347. The van der Waals surface area contributed by atoms with Gasteiger partial charge in [-0.1, -0.05) is 30.3 Å². The fourth-order valence-corrected chi connectivity index (χ4v) is 4.39. The van der Waals surface area contributed by atoms with Gasteiger partial charge in [-0.2, -0.15) is 0 Å². The molecule has 0 aliphatic rings. The molecule has 9 heteroatoms. The number of H-pyrrole nitrogens is 1. The summed E-state index contributed by atoms with van der Waals surface area (Å²) in [4.78, 5) is 35.8. The van der Waals surface area contributed by atoms with Crippen LogP contribution in [0.25, 0.3) is 33.5 Å². The zero-order valence-electron chi connectivity index (χ0n) is 18.3. The molecule has 5 aromatic rings. The van der Waals surface area contributed by atoms with Crippen LogP contribution in [0.4, 0.5) is 5.69 Å². The highest BCUT2D eigenvalue weighted by molar-refractivity contribution is 7.53. The van der Waals surface area contributed by atoms with E-state index < -0.39 is 7.75 Å². The number of pyridine rings is 2. The van der Waals surface area contributed by atoms with Gasteiger partial charge in [-0.05, 0) is 55.0 Å². The number of nitrogens with one attached hydrogen (secondary N) is 2. The molecule has 0 bridgehead atoms. The van der Waals surface area contributed by atoms with Gasteiger partial charge in [0.05, 0.1) is 22.6 Å². The van der Waals surface area contributed by atoms with Gasteiger partial charge >= 0.3 is 7.75 Å². The van der Waals surface area contributed by atoms with E-state index in [9.17, 15) is 14.4 Å². The molecule has 2 aromatic carbocycles. The zero-order valence-corrected chi connectivity index (χ0v) is 19.2. The lowest BCUT2D eigenvalue weighted by Gasteiger charge is -2.08. The van der Waals surface area contributed by atoms with Crippen molar-refractivity contribution in [2.45, 2.75) is 13.3 Å². The summed E-state index contributed by atoms with van der Waals surface area (Å²) in [6, 6.07) is 22.8. The molecule has 34 heavy (non-hydrogen) atoms. The molecule has 5 rings (SSSR count). The number of aromatic nitrogens is 4. The quantitative estimate of drug-likeness (QED) is 0.254. The summed E-state index contributed by atoms with van der Waals surface area (Å²) in [6.07, 6.45) is 2.22. The normalized spacial score (nSPS) is 11.6. The highest BCUT2D eigenvalue weighted by atomic mass is 31.2. The van der Waals surface area contributed by atoms with E-state index in [1.807, 2.05) is 55.5 Å². The Morgan fingerprint density at radius 3 is 2.65 bits per heavy atom. The maximum atomic E-state index is 11.3. The van der Waals surface area contributed by atoms with E-state index in [0.29, 0.717) is 17.9 Å². The molecule has 0 unspecified atom stereocenters. The summed E-state index contributed by atoms with van der Waals surface area (Å²) in [5.41, 5.74) is 6.33. The monoisotopic (exact) mass is 471 g/mol. The molecule has 0 aliphatic carbocycles. The number of benzene rings is 2. The maximum absolute atomic E-state index is 11.3. The molecule has 0 fully saturated rings. The minimum Gasteiger partial charge on any atom is -0.340 e. The Labute approximate surface area is 196 Å². The first-order valence-corrected chi connectivity index (χ1v) is 12.3. The third-order valence-corrected chi connectivity index (χ3v) is 5.90. The molecule has 0 saturated heterocycles. The molecular formula is C25H22N5O3P. The van der Waals surface area contributed by atoms with Crippen molar-refractivity contribution in [1.82, 2.24) is 19.9 Å². The Hall–Kier alpha value is -3.84. The first kappa shape index (κ1) is 22.0. The topological polar surface area (TPSA) is 124 Å². The number of imidazole rings is 1. The summed E-state index contributed by atoms with van der Waals surface area (Å²) in [5, 5.41) is 3.24. The number of nitrogens with zero attached hydrogens (tertiary/aromatic N) is 3. The van der Waals surface area contributed by atoms with Gasteiger partial charge in [0.25, 0.3) is 0 Å². The van der Waals surface area contributed by atoms with Crippen molar-refractivity contribution in [3.05, 3.63) is 96.1 Å². The van der Waals surface area contributed by atoms with Crippen molar-refractivity contribution in [2.75, 3.05) is 5.09 Å². The number of hydrogen-bond acceptors (Lipinski definition) is 4. The Morgan fingerprint density at radius 2 is 1.82 bits per heavy atom. The van der Waals surface area contributed by atoms with Crippen LogP contribution in [0, 0.1) is 6.92 Å². The molecule has 0 spiro atoms. The molecule has 4 N–H and O–H groups in total. The van der Waals surface area contributed by atoms with Crippen LogP contribution >= 0.6 is 7.75 Å². The second-order valence-electron chi connectivity index (χ2n) is 8.02. The number of aryl methyl sites for hydroxylation is 1. The van der Waals surface area contributed by atoms with Crippen molar-refractivity contribution in [3.8, 4) is 22.6 Å². The van der Waals surface area contributed by atoms with Gasteiger partial charge in [-0.25, -0.2) is 9.55 Å². The van der Waals surface area contributed by atoms with Crippen LogP contribution in [0.5, 0.6) is 0 Å². The fourth-order valence-electron chi connectivity index (χ4n) is 3.92. The van der Waals surface area contributed by atoms with Crippen LogP contribution in [0.3, 0.4) is 0 Å². The minimum atomic E-state index is -4.39. The summed E-state index contributed by atoms with van der Waals surface area (Å²) >= 11 is 0. The predicted octanol–water partition coefficient (Wildman–Crippen LogP) is 5.09. The van der Waals surface area contributed by atoms with Gasteiger partial charge in [0.2, 0.25) is 0 Å². The van der Waals surface area contributed by atoms with Crippen LogP contribution in [-0.2, 0) is 11.0 Å². The predicted molar refractivity (Wildman–Crippen MR) is 132 cm³/mol. The van der Waals surface area contributed by atoms with E-state index in [0.717, 1.165) is 44.8 Å². The van der Waals surface area contributed by atoms with Crippen molar-refractivity contribution < 1.29 is 14.4 Å². The number of fused-ring (bicyclic) bond motifs is 1. The second-order valence-corrected chi connectivity index (χ2v) is 9.33. The summed E-state index contributed by atoms with van der Waals surface area (Å²) in [6.45, 7) is 1.95. The smallest absolute Gasteiger partial charge is 0.340 e. The third-order valence-electron chi connectivity index (χ3n) is 5.35. The molecule has 0 saturated carbocycles. The molecular weight excluding hydrogens is 449 g/mol. The molecule has 0 aliphatic heterocycles. The Bertz CT molecular complexity index is 1540. The van der Waals surface area contributed by atoms with E-state index in [1.54, 1.807) is 24.4 Å². The van der Waals surface area contributed by atoms with Gasteiger partial charge in [0.1, 0.15) is 5.82 Å². The second kappa shape index (κ2) is 8.83. The first-order valence-electron chi connectivity index (χ1n) is 10.6. The molecule has 0 radical (unpaired) electrons. The van der Waals surface area contributed by atoms with Crippen molar-refractivity contribution >= 4 is 24.3 Å². The van der Waals surface area contributed by atoms with Gasteiger partial charge in [-0.15, -0.1) is 0 Å². The molecule has 3 aromatic heterocycles. The van der Waals surface area contributed by atoms with Crippen LogP contribution in [0.15, 0.2) is 79.0 Å². The number of rotatable bonds is 6. The zero-order chi connectivity index (χ0) is 23.7.